The highest BCUT2D eigenvalue weighted by molar-refractivity contribution is 5.05. The van der Waals surface area contributed by atoms with Gasteiger partial charge in [-0.05, 0) is 27.7 Å². The minimum atomic E-state index is -0.289. The van der Waals surface area contributed by atoms with Crippen LogP contribution in [0.25, 0.3) is 0 Å². The molecule has 1 heterocycles. The van der Waals surface area contributed by atoms with Crippen molar-refractivity contribution in [2.45, 2.75) is 39.3 Å². The lowest BCUT2D eigenvalue weighted by molar-refractivity contribution is 0.0383. The zero-order chi connectivity index (χ0) is 11.6. The summed E-state index contributed by atoms with van der Waals surface area (Å²) in [5.74, 6) is 0.264. The van der Waals surface area contributed by atoms with Crippen molar-refractivity contribution in [3.05, 3.63) is 12.3 Å². The number of rotatable bonds is 3. The molecule has 0 radical (unpaired) electrons. The van der Waals surface area contributed by atoms with E-state index >= 15 is 0 Å². The summed E-state index contributed by atoms with van der Waals surface area (Å²) in [6.45, 7) is 16.3. The molecule has 0 spiro atoms. The molecule has 0 aromatic rings. The van der Waals surface area contributed by atoms with E-state index in [1.807, 2.05) is 13.8 Å². The van der Waals surface area contributed by atoms with Crippen LogP contribution in [0.5, 0.6) is 0 Å². The lowest BCUT2D eigenvalue weighted by Gasteiger charge is -2.44. The fraction of sp³-hybridized carbons (Fsp3) is 0.833. The van der Waals surface area contributed by atoms with Gasteiger partial charge in [-0.25, -0.2) is 0 Å². The van der Waals surface area contributed by atoms with Crippen molar-refractivity contribution in [2.24, 2.45) is 0 Å². The van der Waals surface area contributed by atoms with Gasteiger partial charge in [0.05, 0.1) is 5.54 Å². The topological polar surface area (TPSA) is 26.7 Å². The molecular weight excluding hydrogens is 188 g/mol. The van der Waals surface area contributed by atoms with Gasteiger partial charge in [0.2, 0.25) is 0 Å². The van der Waals surface area contributed by atoms with Crippen molar-refractivity contribution in [1.82, 2.24) is 9.80 Å². The quantitative estimate of drug-likeness (QED) is 0.723. The van der Waals surface area contributed by atoms with Crippen LogP contribution < -0.4 is 0 Å². The first-order chi connectivity index (χ1) is 6.85. The van der Waals surface area contributed by atoms with Gasteiger partial charge in [-0.1, -0.05) is 6.58 Å². The van der Waals surface area contributed by atoms with Crippen LogP contribution in [-0.2, 0) is 0 Å². The van der Waals surface area contributed by atoms with Gasteiger partial charge >= 0.3 is 0 Å². The van der Waals surface area contributed by atoms with Gasteiger partial charge in [0.15, 0.2) is 0 Å². The van der Waals surface area contributed by atoms with Crippen molar-refractivity contribution < 1.29 is 5.11 Å². The van der Waals surface area contributed by atoms with Gasteiger partial charge in [-0.15, -0.1) is 0 Å². The minimum absolute atomic E-state index is 0.264. The Kier molecular flexibility index (Phi) is 3.79. The summed E-state index contributed by atoms with van der Waals surface area (Å²) < 4.78 is 0. The monoisotopic (exact) mass is 212 g/mol. The molecule has 0 unspecified atom stereocenters. The summed E-state index contributed by atoms with van der Waals surface area (Å²) in [4.78, 5) is 4.76. The van der Waals surface area contributed by atoms with Gasteiger partial charge in [-0.2, -0.15) is 0 Å². The van der Waals surface area contributed by atoms with Crippen LogP contribution in [0.15, 0.2) is 12.3 Å². The average Bonchev–Trinajstić information content (AvgIpc) is 2.17. The smallest absolute Gasteiger partial charge is 0.105 e. The molecule has 1 fully saturated rings. The van der Waals surface area contributed by atoms with Gasteiger partial charge in [-0.3, -0.25) is 9.80 Å². The second-order valence-corrected chi connectivity index (χ2v) is 5.12. The van der Waals surface area contributed by atoms with E-state index in [2.05, 4.69) is 30.2 Å². The third-order valence-corrected chi connectivity index (χ3v) is 3.54. The molecule has 3 nitrogen and oxygen atoms in total. The van der Waals surface area contributed by atoms with E-state index in [4.69, 9.17) is 0 Å². The summed E-state index contributed by atoms with van der Waals surface area (Å²) in [6, 6.07) is 0.618. The van der Waals surface area contributed by atoms with Gasteiger partial charge in [0.25, 0.3) is 0 Å². The van der Waals surface area contributed by atoms with Crippen molar-refractivity contribution in [3.63, 3.8) is 0 Å². The Balaban J connectivity index is 2.54. The molecule has 1 aliphatic heterocycles. The first-order valence-electron chi connectivity index (χ1n) is 5.73. The maximum absolute atomic E-state index is 9.56. The SMILES string of the molecule is C=C(O)C(C)(C)N1CCN(C(C)C)CC1. The summed E-state index contributed by atoms with van der Waals surface area (Å²) in [5, 5.41) is 9.56. The Hall–Kier alpha value is -0.540. The zero-order valence-electron chi connectivity index (χ0n) is 10.5. The van der Waals surface area contributed by atoms with E-state index in [0.29, 0.717) is 6.04 Å². The molecule has 0 bridgehead atoms. The Bertz CT molecular complexity index is 228. The molecule has 0 saturated carbocycles. The van der Waals surface area contributed by atoms with E-state index in [9.17, 15) is 5.11 Å². The molecule has 1 aliphatic rings. The van der Waals surface area contributed by atoms with E-state index in [1.165, 1.54) is 0 Å². The van der Waals surface area contributed by atoms with Crippen LogP contribution in [0.2, 0.25) is 0 Å². The fourth-order valence-electron chi connectivity index (χ4n) is 1.98. The third-order valence-electron chi connectivity index (χ3n) is 3.54. The first kappa shape index (κ1) is 12.5. The molecule has 0 atom stereocenters. The molecule has 88 valence electrons. The maximum atomic E-state index is 9.56. The van der Waals surface area contributed by atoms with Crippen LogP contribution in [0.4, 0.5) is 0 Å². The minimum Gasteiger partial charge on any atom is -0.511 e. The predicted molar refractivity (Wildman–Crippen MR) is 64.1 cm³/mol. The molecule has 0 aromatic carbocycles. The molecule has 0 amide bonds. The first-order valence-corrected chi connectivity index (χ1v) is 5.73. The van der Waals surface area contributed by atoms with E-state index in [-0.39, 0.29) is 11.3 Å². The van der Waals surface area contributed by atoms with E-state index in [0.717, 1.165) is 26.2 Å². The van der Waals surface area contributed by atoms with Crippen molar-refractivity contribution >= 4 is 0 Å². The molecule has 1 N–H and O–H groups in total. The maximum Gasteiger partial charge on any atom is 0.105 e. The normalized spacial score (nSPS) is 20.9. The fourth-order valence-corrected chi connectivity index (χ4v) is 1.98. The molecule has 3 heteroatoms. The number of hydrogen-bond donors (Lipinski definition) is 1. The molecule has 0 aliphatic carbocycles. The van der Waals surface area contributed by atoms with Crippen molar-refractivity contribution in [1.29, 1.82) is 0 Å². The molecule has 1 saturated heterocycles. The summed E-state index contributed by atoms with van der Waals surface area (Å²) in [5.41, 5.74) is -0.289. The largest absolute Gasteiger partial charge is 0.511 e. The number of aliphatic hydroxyl groups is 1. The summed E-state index contributed by atoms with van der Waals surface area (Å²) >= 11 is 0. The van der Waals surface area contributed by atoms with Crippen LogP contribution in [-0.4, -0.2) is 52.7 Å². The molecule has 0 aromatic heterocycles. The lowest BCUT2D eigenvalue weighted by Crippen LogP contribution is -2.56. The zero-order valence-corrected chi connectivity index (χ0v) is 10.5. The Morgan fingerprint density at radius 3 is 2.00 bits per heavy atom. The number of hydrogen-bond acceptors (Lipinski definition) is 3. The third kappa shape index (κ3) is 2.73. The Morgan fingerprint density at radius 2 is 1.67 bits per heavy atom. The van der Waals surface area contributed by atoms with Gasteiger partial charge in [0.1, 0.15) is 5.76 Å². The highest BCUT2D eigenvalue weighted by atomic mass is 16.3. The van der Waals surface area contributed by atoms with Gasteiger partial charge in [0, 0.05) is 32.2 Å². The van der Waals surface area contributed by atoms with Crippen LogP contribution in [0, 0.1) is 0 Å². The second kappa shape index (κ2) is 4.54. The predicted octanol–water partition coefficient (Wildman–Crippen LogP) is 1.86. The van der Waals surface area contributed by atoms with Crippen molar-refractivity contribution in [2.75, 3.05) is 26.2 Å². The van der Waals surface area contributed by atoms with Gasteiger partial charge < -0.3 is 5.11 Å². The van der Waals surface area contributed by atoms with E-state index < -0.39 is 0 Å². The standard InChI is InChI=1S/C12H24N2O/c1-10(2)13-6-8-14(9-7-13)12(4,5)11(3)15/h10,15H,3,6-9H2,1-2,4-5H3. The van der Waals surface area contributed by atoms with Crippen LogP contribution >= 0.6 is 0 Å². The number of aliphatic hydroxyl groups excluding tert-OH is 1. The number of piperazine rings is 1. The van der Waals surface area contributed by atoms with Crippen LogP contribution in [0.3, 0.4) is 0 Å². The van der Waals surface area contributed by atoms with E-state index in [1.54, 1.807) is 0 Å². The Morgan fingerprint density at radius 1 is 1.20 bits per heavy atom. The lowest BCUT2D eigenvalue weighted by atomic mass is 9.99. The summed E-state index contributed by atoms with van der Waals surface area (Å²) in [7, 11) is 0. The summed E-state index contributed by atoms with van der Waals surface area (Å²) in [6.07, 6.45) is 0. The average molecular weight is 212 g/mol. The highest BCUT2D eigenvalue weighted by Gasteiger charge is 2.32. The van der Waals surface area contributed by atoms with Crippen LogP contribution in [0.1, 0.15) is 27.7 Å². The van der Waals surface area contributed by atoms with Crippen molar-refractivity contribution in [3.8, 4) is 0 Å². The Labute approximate surface area is 93.4 Å². The molecule has 1 rings (SSSR count). The highest BCUT2D eigenvalue weighted by Crippen LogP contribution is 2.22. The second-order valence-electron chi connectivity index (χ2n) is 5.12. The number of nitrogens with zero attached hydrogens (tertiary/aromatic N) is 2. The molecule has 15 heavy (non-hydrogen) atoms. The molecular formula is C12H24N2O.